The Bertz CT molecular complexity index is 393. The number of hydrogen-bond donors (Lipinski definition) is 1. The van der Waals surface area contributed by atoms with Crippen molar-refractivity contribution in [3.05, 3.63) is 11.7 Å². The van der Waals surface area contributed by atoms with E-state index in [0.717, 1.165) is 36.8 Å². The van der Waals surface area contributed by atoms with Crippen molar-refractivity contribution in [2.45, 2.75) is 63.7 Å². The van der Waals surface area contributed by atoms with E-state index < -0.39 is 0 Å². The van der Waals surface area contributed by atoms with Gasteiger partial charge in [0.2, 0.25) is 5.89 Å². The summed E-state index contributed by atoms with van der Waals surface area (Å²) >= 11 is 0. The van der Waals surface area contributed by atoms with Crippen LogP contribution in [0, 0.1) is 0 Å². The molecule has 1 aromatic rings. The number of hydrogen-bond acceptors (Lipinski definition) is 5. The molecule has 1 aromatic heterocycles. The Morgan fingerprint density at radius 1 is 1.33 bits per heavy atom. The molecule has 2 fully saturated rings. The van der Waals surface area contributed by atoms with Gasteiger partial charge in [0.05, 0.1) is 6.54 Å². The van der Waals surface area contributed by atoms with Crippen LogP contribution < -0.4 is 5.32 Å². The summed E-state index contributed by atoms with van der Waals surface area (Å²) in [4.78, 5) is 6.77. The summed E-state index contributed by atoms with van der Waals surface area (Å²) in [6, 6.07) is 2.12. The highest BCUT2D eigenvalue weighted by Gasteiger charge is 2.35. The van der Waals surface area contributed by atoms with E-state index in [4.69, 9.17) is 4.52 Å². The third-order valence-electron chi connectivity index (χ3n) is 4.27. The zero-order valence-corrected chi connectivity index (χ0v) is 11.2. The first kappa shape index (κ1) is 12.1. The quantitative estimate of drug-likeness (QED) is 0.874. The van der Waals surface area contributed by atoms with Crippen LogP contribution in [0.5, 0.6) is 0 Å². The van der Waals surface area contributed by atoms with Gasteiger partial charge >= 0.3 is 0 Å². The van der Waals surface area contributed by atoms with Crippen molar-refractivity contribution in [3.63, 3.8) is 0 Å². The van der Waals surface area contributed by atoms with E-state index in [1.807, 2.05) is 6.92 Å². The second kappa shape index (κ2) is 4.97. The number of rotatable bonds is 4. The molecule has 2 aliphatic heterocycles. The van der Waals surface area contributed by atoms with E-state index in [-0.39, 0.29) is 0 Å². The summed E-state index contributed by atoms with van der Waals surface area (Å²) in [6.45, 7) is 2.83. The Kier molecular flexibility index (Phi) is 3.35. The maximum Gasteiger partial charge on any atom is 0.226 e. The van der Waals surface area contributed by atoms with Crippen LogP contribution in [-0.4, -0.2) is 40.2 Å². The van der Waals surface area contributed by atoms with Gasteiger partial charge in [-0.25, -0.2) is 0 Å². The molecule has 2 atom stereocenters. The van der Waals surface area contributed by atoms with E-state index in [1.165, 1.54) is 25.7 Å². The lowest BCUT2D eigenvalue weighted by Crippen LogP contribution is -2.46. The highest BCUT2D eigenvalue weighted by Crippen LogP contribution is 2.29. The van der Waals surface area contributed by atoms with Gasteiger partial charge in [0.1, 0.15) is 0 Å². The SMILES string of the molecule is CCc1nc(CN(C)C2CC3CCC(C2)N3)no1. The molecule has 0 radical (unpaired) electrons. The number of nitrogens with zero attached hydrogens (tertiary/aromatic N) is 3. The molecule has 3 heterocycles. The van der Waals surface area contributed by atoms with Crippen LogP contribution in [0.1, 0.15) is 44.3 Å². The van der Waals surface area contributed by atoms with Gasteiger partial charge in [0.15, 0.2) is 5.82 Å². The maximum atomic E-state index is 5.16. The molecule has 1 N–H and O–H groups in total. The van der Waals surface area contributed by atoms with Crippen molar-refractivity contribution in [1.29, 1.82) is 0 Å². The van der Waals surface area contributed by atoms with Gasteiger partial charge in [-0.2, -0.15) is 4.98 Å². The first-order valence-corrected chi connectivity index (χ1v) is 7.02. The molecule has 3 rings (SSSR count). The molecule has 100 valence electrons. The molecule has 18 heavy (non-hydrogen) atoms. The van der Waals surface area contributed by atoms with Gasteiger partial charge in [-0.1, -0.05) is 12.1 Å². The molecule has 0 saturated carbocycles. The molecule has 5 heteroatoms. The Balaban J connectivity index is 1.59. The van der Waals surface area contributed by atoms with E-state index in [2.05, 4.69) is 27.4 Å². The average molecular weight is 250 g/mol. The van der Waals surface area contributed by atoms with E-state index in [9.17, 15) is 0 Å². The third kappa shape index (κ3) is 2.42. The lowest BCUT2D eigenvalue weighted by molar-refractivity contribution is 0.161. The second-order valence-electron chi connectivity index (χ2n) is 5.64. The second-order valence-corrected chi connectivity index (χ2v) is 5.64. The Hall–Kier alpha value is -0.940. The summed E-state index contributed by atoms with van der Waals surface area (Å²) in [6.07, 6.45) is 6.01. The standard InChI is InChI=1S/C13H22N4O/c1-3-13-15-12(16-18-13)8-17(2)11-6-9-4-5-10(7-11)14-9/h9-11,14H,3-8H2,1-2H3. The van der Waals surface area contributed by atoms with Crippen molar-refractivity contribution in [2.75, 3.05) is 7.05 Å². The number of nitrogens with one attached hydrogen (secondary N) is 1. The fraction of sp³-hybridized carbons (Fsp3) is 0.846. The Labute approximate surface area is 108 Å². The predicted molar refractivity (Wildman–Crippen MR) is 68.1 cm³/mol. The number of piperidine rings is 1. The fourth-order valence-electron chi connectivity index (χ4n) is 3.24. The normalized spacial score (nSPS) is 31.2. The zero-order chi connectivity index (χ0) is 12.5. The van der Waals surface area contributed by atoms with Crippen LogP contribution in [0.4, 0.5) is 0 Å². The van der Waals surface area contributed by atoms with Gasteiger partial charge in [-0.05, 0) is 32.7 Å². The molecule has 2 unspecified atom stereocenters. The van der Waals surface area contributed by atoms with Gasteiger partial charge in [-0.15, -0.1) is 0 Å². The molecule has 2 bridgehead atoms. The molecule has 2 aliphatic rings. The van der Waals surface area contributed by atoms with Crippen LogP contribution in [0.15, 0.2) is 4.52 Å². The molecular formula is C13H22N4O. The maximum absolute atomic E-state index is 5.16. The summed E-state index contributed by atoms with van der Waals surface area (Å²) in [5, 5.41) is 7.71. The Morgan fingerprint density at radius 2 is 2.06 bits per heavy atom. The predicted octanol–water partition coefficient (Wildman–Crippen LogP) is 1.35. The first-order valence-electron chi connectivity index (χ1n) is 7.02. The zero-order valence-electron chi connectivity index (χ0n) is 11.2. The number of aryl methyl sites for hydroxylation is 1. The molecule has 0 amide bonds. The van der Waals surface area contributed by atoms with Crippen molar-refractivity contribution < 1.29 is 4.52 Å². The van der Waals surface area contributed by atoms with Crippen LogP contribution >= 0.6 is 0 Å². The molecule has 0 aromatic carbocycles. The largest absolute Gasteiger partial charge is 0.339 e. The summed E-state index contributed by atoms with van der Waals surface area (Å²) in [7, 11) is 2.18. The molecule has 0 spiro atoms. The highest BCUT2D eigenvalue weighted by molar-refractivity contribution is 4.96. The van der Waals surface area contributed by atoms with Gasteiger partial charge in [-0.3, -0.25) is 4.90 Å². The number of aromatic nitrogens is 2. The lowest BCUT2D eigenvalue weighted by Gasteiger charge is -2.34. The minimum Gasteiger partial charge on any atom is -0.339 e. The van der Waals surface area contributed by atoms with Gasteiger partial charge in [0.25, 0.3) is 0 Å². The summed E-state index contributed by atoms with van der Waals surface area (Å²) < 4.78 is 5.16. The number of fused-ring (bicyclic) bond motifs is 2. The van der Waals surface area contributed by atoms with Crippen LogP contribution in [-0.2, 0) is 13.0 Å². The van der Waals surface area contributed by atoms with E-state index in [0.29, 0.717) is 6.04 Å². The minimum absolute atomic E-state index is 0.660. The summed E-state index contributed by atoms with van der Waals surface area (Å²) in [5.74, 6) is 1.56. The van der Waals surface area contributed by atoms with Crippen LogP contribution in [0.2, 0.25) is 0 Å². The monoisotopic (exact) mass is 250 g/mol. The third-order valence-corrected chi connectivity index (χ3v) is 4.27. The van der Waals surface area contributed by atoms with Gasteiger partial charge < -0.3 is 9.84 Å². The molecule has 5 nitrogen and oxygen atoms in total. The lowest BCUT2D eigenvalue weighted by atomic mass is 9.98. The van der Waals surface area contributed by atoms with E-state index in [1.54, 1.807) is 0 Å². The average Bonchev–Trinajstić information content (AvgIpc) is 2.96. The van der Waals surface area contributed by atoms with Crippen molar-refractivity contribution >= 4 is 0 Å². The first-order chi connectivity index (χ1) is 8.74. The van der Waals surface area contributed by atoms with Crippen molar-refractivity contribution in [2.24, 2.45) is 0 Å². The van der Waals surface area contributed by atoms with Crippen molar-refractivity contribution in [1.82, 2.24) is 20.4 Å². The fourth-order valence-corrected chi connectivity index (χ4v) is 3.24. The molecular weight excluding hydrogens is 228 g/mol. The summed E-state index contributed by atoms with van der Waals surface area (Å²) in [5.41, 5.74) is 0. The molecule has 2 saturated heterocycles. The topological polar surface area (TPSA) is 54.2 Å². The minimum atomic E-state index is 0.660. The van der Waals surface area contributed by atoms with E-state index >= 15 is 0 Å². The molecule has 0 aliphatic carbocycles. The Morgan fingerprint density at radius 3 is 2.67 bits per heavy atom. The van der Waals surface area contributed by atoms with Crippen LogP contribution in [0.3, 0.4) is 0 Å². The van der Waals surface area contributed by atoms with Gasteiger partial charge in [0, 0.05) is 24.5 Å². The smallest absolute Gasteiger partial charge is 0.226 e. The van der Waals surface area contributed by atoms with Crippen molar-refractivity contribution in [3.8, 4) is 0 Å². The van der Waals surface area contributed by atoms with Crippen LogP contribution in [0.25, 0.3) is 0 Å². The highest BCUT2D eigenvalue weighted by atomic mass is 16.5.